The third-order valence-corrected chi connectivity index (χ3v) is 4.04. The van der Waals surface area contributed by atoms with Crippen LogP contribution in [0.5, 0.6) is 0 Å². The van der Waals surface area contributed by atoms with Crippen molar-refractivity contribution in [1.82, 2.24) is 5.32 Å². The van der Waals surface area contributed by atoms with Gasteiger partial charge in [0.2, 0.25) is 5.91 Å². The quantitative estimate of drug-likeness (QED) is 0.725. The Morgan fingerprint density at radius 3 is 2.36 bits per heavy atom. The summed E-state index contributed by atoms with van der Waals surface area (Å²) < 4.78 is 0. The largest absolute Gasteiger partial charge is 0.394 e. The molecule has 2 amide bonds. The lowest BCUT2D eigenvalue weighted by Gasteiger charge is -2.14. The molecule has 0 saturated carbocycles. The van der Waals surface area contributed by atoms with Gasteiger partial charge in [-0.15, -0.1) is 0 Å². The Labute approximate surface area is 148 Å². The van der Waals surface area contributed by atoms with E-state index < -0.39 is 0 Å². The summed E-state index contributed by atoms with van der Waals surface area (Å²) in [6, 6.07) is 14.4. The first kappa shape index (κ1) is 18.7. The van der Waals surface area contributed by atoms with Crippen molar-refractivity contribution in [2.75, 3.05) is 11.9 Å². The van der Waals surface area contributed by atoms with Crippen molar-refractivity contribution in [3.8, 4) is 0 Å². The molecular weight excluding hydrogens is 316 g/mol. The van der Waals surface area contributed by atoms with Gasteiger partial charge >= 0.3 is 0 Å². The van der Waals surface area contributed by atoms with Gasteiger partial charge in [0, 0.05) is 11.3 Å². The molecule has 2 rings (SSSR count). The second-order valence-electron chi connectivity index (χ2n) is 6.00. The van der Waals surface area contributed by atoms with Gasteiger partial charge in [0.25, 0.3) is 5.91 Å². The lowest BCUT2D eigenvalue weighted by molar-refractivity contribution is -0.121. The van der Waals surface area contributed by atoms with Crippen LogP contribution in [-0.2, 0) is 11.2 Å². The summed E-state index contributed by atoms with van der Waals surface area (Å²) in [6.45, 7) is 3.74. The number of rotatable bonds is 7. The van der Waals surface area contributed by atoms with Gasteiger partial charge < -0.3 is 15.7 Å². The van der Waals surface area contributed by atoms with Crippen molar-refractivity contribution < 1.29 is 14.7 Å². The third kappa shape index (κ3) is 5.43. The van der Waals surface area contributed by atoms with Crippen LogP contribution in [0.4, 0.5) is 5.69 Å². The molecule has 1 atom stereocenters. The molecule has 132 valence electrons. The van der Waals surface area contributed by atoms with Crippen LogP contribution in [0.1, 0.15) is 34.8 Å². The summed E-state index contributed by atoms with van der Waals surface area (Å²) in [5, 5.41) is 14.8. The van der Waals surface area contributed by atoms with E-state index in [0.29, 0.717) is 17.7 Å². The Morgan fingerprint density at radius 1 is 1.08 bits per heavy atom. The van der Waals surface area contributed by atoms with E-state index in [2.05, 4.69) is 10.6 Å². The predicted octanol–water partition coefficient (Wildman–Crippen LogP) is 2.68. The molecule has 0 bridgehead atoms. The predicted molar refractivity (Wildman–Crippen MR) is 98.6 cm³/mol. The molecule has 0 radical (unpaired) electrons. The molecule has 0 aliphatic heterocycles. The van der Waals surface area contributed by atoms with Crippen LogP contribution in [0, 0.1) is 6.92 Å². The van der Waals surface area contributed by atoms with Gasteiger partial charge in [0.05, 0.1) is 19.1 Å². The summed E-state index contributed by atoms with van der Waals surface area (Å²) in [4.78, 5) is 24.2. The fraction of sp³-hybridized carbons (Fsp3) is 0.300. The highest BCUT2D eigenvalue weighted by Gasteiger charge is 2.11. The molecule has 0 saturated heterocycles. The van der Waals surface area contributed by atoms with Crippen molar-refractivity contribution in [2.45, 2.75) is 32.7 Å². The van der Waals surface area contributed by atoms with Crippen molar-refractivity contribution in [3.63, 3.8) is 0 Å². The number of carbonyl (C=O) groups excluding carboxylic acids is 2. The summed E-state index contributed by atoms with van der Waals surface area (Å²) >= 11 is 0. The molecule has 0 fully saturated rings. The highest BCUT2D eigenvalue weighted by molar-refractivity contribution is 6.05. The molecule has 2 aromatic rings. The fourth-order valence-electron chi connectivity index (χ4n) is 2.47. The zero-order valence-electron chi connectivity index (χ0n) is 14.6. The maximum Gasteiger partial charge on any atom is 0.255 e. The monoisotopic (exact) mass is 340 g/mol. The van der Waals surface area contributed by atoms with Crippen LogP contribution in [0.3, 0.4) is 0 Å². The molecule has 0 aromatic heterocycles. The molecule has 0 spiro atoms. The highest BCUT2D eigenvalue weighted by atomic mass is 16.3. The molecular formula is C20H24N2O3. The lowest BCUT2D eigenvalue weighted by Crippen LogP contribution is -2.37. The van der Waals surface area contributed by atoms with E-state index in [-0.39, 0.29) is 30.9 Å². The number of aryl methyl sites for hydroxylation is 1. The Kier molecular flexibility index (Phi) is 6.71. The second-order valence-corrected chi connectivity index (χ2v) is 6.00. The van der Waals surface area contributed by atoms with Gasteiger partial charge in [-0.3, -0.25) is 9.59 Å². The first-order valence-electron chi connectivity index (χ1n) is 8.39. The lowest BCUT2D eigenvalue weighted by atomic mass is 10.1. The van der Waals surface area contributed by atoms with E-state index in [1.165, 1.54) is 0 Å². The Morgan fingerprint density at radius 2 is 1.76 bits per heavy atom. The average Bonchev–Trinajstić information content (AvgIpc) is 2.61. The van der Waals surface area contributed by atoms with E-state index in [9.17, 15) is 9.59 Å². The maximum absolute atomic E-state index is 12.3. The molecule has 5 nitrogen and oxygen atoms in total. The van der Waals surface area contributed by atoms with Crippen LogP contribution in [-0.4, -0.2) is 29.6 Å². The smallest absolute Gasteiger partial charge is 0.255 e. The van der Waals surface area contributed by atoms with Crippen molar-refractivity contribution >= 4 is 17.5 Å². The number of hydrogen-bond acceptors (Lipinski definition) is 3. The second kappa shape index (κ2) is 8.99. The summed E-state index contributed by atoms with van der Waals surface area (Å²) in [5.74, 6) is -0.282. The van der Waals surface area contributed by atoms with Crippen molar-refractivity contribution in [3.05, 3.63) is 65.2 Å². The first-order chi connectivity index (χ1) is 12.0. The average molecular weight is 340 g/mol. The van der Waals surface area contributed by atoms with Crippen molar-refractivity contribution in [2.24, 2.45) is 0 Å². The number of nitrogens with one attached hydrogen (secondary N) is 2. The number of anilines is 1. The van der Waals surface area contributed by atoms with E-state index in [1.807, 2.05) is 44.2 Å². The van der Waals surface area contributed by atoms with Gasteiger partial charge in [-0.25, -0.2) is 0 Å². The van der Waals surface area contributed by atoms with Crippen LogP contribution < -0.4 is 10.6 Å². The Bertz CT molecular complexity index is 722. The number of aliphatic hydroxyl groups excluding tert-OH is 1. The molecule has 3 N–H and O–H groups in total. The SMILES string of the molecule is CCC(CO)NC(=O)Cc1ccc(NC(=O)c2ccccc2C)cc1. The minimum absolute atomic E-state index is 0.0634. The molecule has 1 unspecified atom stereocenters. The van der Waals surface area contributed by atoms with Crippen LogP contribution >= 0.6 is 0 Å². The normalized spacial score (nSPS) is 11.6. The number of benzene rings is 2. The third-order valence-electron chi connectivity index (χ3n) is 4.04. The van der Waals surface area contributed by atoms with E-state index in [4.69, 9.17) is 5.11 Å². The zero-order valence-corrected chi connectivity index (χ0v) is 14.6. The van der Waals surface area contributed by atoms with E-state index >= 15 is 0 Å². The molecule has 25 heavy (non-hydrogen) atoms. The van der Waals surface area contributed by atoms with Gasteiger partial charge in [0.1, 0.15) is 0 Å². The van der Waals surface area contributed by atoms with Crippen molar-refractivity contribution in [1.29, 1.82) is 0 Å². The Balaban J connectivity index is 1.95. The highest BCUT2D eigenvalue weighted by Crippen LogP contribution is 2.14. The number of carbonyl (C=O) groups is 2. The number of aliphatic hydroxyl groups is 1. The fourth-order valence-corrected chi connectivity index (χ4v) is 2.47. The maximum atomic E-state index is 12.3. The first-order valence-corrected chi connectivity index (χ1v) is 8.39. The Hall–Kier alpha value is -2.66. The minimum Gasteiger partial charge on any atom is -0.394 e. The molecule has 2 aromatic carbocycles. The summed E-state index contributed by atoms with van der Waals surface area (Å²) in [7, 11) is 0. The van der Waals surface area contributed by atoms with Gasteiger partial charge in [-0.05, 0) is 42.7 Å². The molecule has 5 heteroatoms. The summed E-state index contributed by atoms with van der Waals surface area (Å²) in [6.07, 6.45) is 0.925. The van der Waals surface area contributed by atoms with Gasteiger partial charge in [-0.2, -0.15) is 0 Å². The topological polar surface area (TPSA) is 78.4 Å². The summed E-state index contributed by atoms with van der Waals surface area (Å²) in [5.41, 5.74) is 3.08. The van der Waals surface area contributed by atoms with E-state index in [1.54, 1.807) is 18.2 Å². The van der Waals surface area contributed by atoms with E-state index in [0.717, 1.165) is 11.1 Å². The zero-order chi connectivity index (χ0) is 18.2. The molecule has 0 heterocycles. The van der Waals surface area contributed by atoms with Crippen LogP contribution in [0.2, 0.25) is 0 Å². The minimum atomic E-state index is -0.208. The van der Waals surface area contributed by atoms with Crippen LogP contribution in [0.25, 0.3) is 0 Å². The van der Waals surface area contributed by atoms with Crippen LogP contribution in [0.15, 0.2) is 48.5 Å². The molecule has 0 aliphatic rings. The number of hydrogen-bond donors (Lipinski definition) is 3. The number of amides is 2. The van der Waals surface area contributed by atoms with Gasteiger partial charge in [0.15, 0.2) is 0 Å². The molecule has 0 aliphatic carbocycles. The van der Waals surface area contributed by atoms with Gasteiger partial charge in [-0.1, -0.05) is 37.3 Å². The standard InChI is InChI=1S/C20H24N2O3/c1-3-16(13-23)21-19(24)12-15-8-10-17(11-9-15)22-20(25)18-7-5-4-6-14(18)2/h4-11,16,23H,3,12-13H2,1-2H3,(H,21,24)(H,22,25).